The average Bonchev–Trinajstić information content (AvgIpc) is 2.41. The fraction of sp³-hybridized carbons (Fsp3) is 0.0667. The van der Waals surface area contributed by atoms with Crippen LogP contribution < -0.4 is 11.1 Å². The van der Waals surface area contributed by atoms with Crippen LogP contribution in [0, 0.1) is 6.92 Å². The topological polar surface area (TPSA) is 92.4 Å². The molecule has 0 saturated heterocycles. The SMILES string of the molecule is Cc1ccc(N)c(C(=O)Nc2cccc(C(=O)O)c2)c1. The molecule has 0 bridgehead atoms. The maximum atomic E-state index is 12.1. The summed E-state index contributed by atoms with van der Waals surface area (Å²) >= 11 is 0. The predicted molar refractivity (Wildman–Crippen MR) is 76.9 cm³/mol. The highest BCUT2D eigenvalue weighted by molar-refractivity contribution is 6.08. The number of carboxylic acid groups (broad SMARTS) is 1. The minimum atomic E-state index is -1.05. The highest BCUT2D eigenvalue weighted by atomic mass is 16.4. The van der Waals surface area contributed by atoms with Crippen molar-refractivity contribution >= 4 is 23.3 Å². The number of carboxylic acids is 1. The lowest BCUT2D eigenvalue weighted by atomic mass is 10.1. The summed E-state index contributed by atoms with van der Waals surface area (Å²) in [4.78, 5) is 23.0. The summed E-state index contributed by atoms with van der Waals surface area (Å²) < 4.78 is 0. The predicted octanol–water partition coefficient (Wildman–Crippen LogP) is 2.53. The lowest BCUT2D eigenvalue weighted by molar-refractivity contribution is 0.0696. The molecule has 0 unspecified atom stereocenters. The van der Waals surface area contributed by atoms with Crippen LogP contribution in [0.2, 0.25) is 0 Å². The summed E-state index contributed by atoms with van der Waals surface area (Å²) in [6, 6.07) is 11.2. The first-order valence-electron chi connectivity index (χ1n) is 5.98. The van der Waals surface area contributed by atoms with Crippen molar-refractivity contribution in [2.75, 3.05) is 11.1 Å². The van der Waals surface area contributed by atoms with Crippen LogP contribution in [0.5, 0.6) is 0 Å². The van der Waals surface area contributed by atoms with Gasteiger partial charge in [-0.2, -0.15) is 0 Å². The third-order valence-electron chi connectivity index (χ3n) is 2.82. The number of aryl methyl sites for hydroxylation is 1. The van der Waals surface area contributed by atoms with Crippen LogP contribution in [-0.4, -0.2) is 17.0 Å². The van der Waals surface area contributed by atoms with Gasteiger partial charge in [0.15, 0.2) is 0 Å². The number of anilines is 2. The molecule has 0 aliphatic carbocycles. The number of hydrogen-bond acceptors (Lipinski definition) is 3. The van der Waals surface area contributed by atoms with Crippen LogP contribution in [0.4, 0.5) is 11.4 Å². The van der Waals surface area contributed by atoms with Gasteiger partial charge in [-0.3, -0.25) is 4.79 Å². The van der Waals surface area contributed by atoms with Gasteiger partial charge in [0.05, 0.1) is 11.1 Å². The van der Waals surface area contributed by atoms with Crippen molar-refractivity contribution in [3.05, 3.63) is 59.2 Å². The fourth-order valence-electron chi connectivity index (χ4n) is 1.80. The molecule has 0 radical (unpaired) electrons. The molecule has 102 valence electrons. The minimum absolute atomic E-state index is 0.111. The van der Waals surface area contributed by atoms with Gasteiger partial charge in [-0.05, 0) is 37.3 Å². The molecule has 0 aliphatic rings. The number of carbonyl (C=O) groups is 2. The van der Waals surface area contributed by atoms with Gasteiger partial charge >= 0.3 is 5.97 Å². The number of nitrogens with one attached hydrogen (secondary N) is 1. The number of aromatic carboxylic acids is 1. The first kappa shape index (κ1) is 13.6. The molecule has 2 rings (SSSR count). The van der Waals surface area contributed by atoms with E-state index in [-0.39, 0.29) is 11.5 Å². The van der Waals surface area contributed by atoms with E-state index in [1.165, 1.54) is 12.1 Å². The Kier molecular flexibility index (Phi) is 3.70. The number of benzene rings is 2. The maximum Gasteiger partial charge on any atom is 0.335 e. The number of carbonyl (C=O) groups excluding carboxylic acids is 1. The Morgan fingerprint density at radius 3 is 2.60 bits per heavy atom. The molecular weight excluding hydrogens is 256 g/mol. The molecular formula is C15H14N2O3. The van der Waals surface area contributed by atoms with Gasteiger partial charge in [-0.25, -0.2) is 4.79 Å². The smallest absolute Gasteiger partial charge is 0.335 e. The summed E-state index contributed by atoms with van der Waals surface area (Å²) in [6.07, 6.45) is 0. The third-order valence-corrected chi connectivity index (χ3v) is 2.82. The van der Waals surface area contributed by atoms with Gasteiger partial charge in [-0.1, -0.05) is 17.7 Å². The normalized spacial score (nSPS) is 10.1. The number of nitrogens with two attached hydrogens (primary N) is 1. The first-order valence-corrected chi connectivity index (χ1v) is 5.98. The van der Waals surface area contributed by atoms with Gasteiger partial charge in [-0.15, -0.1) is 0 Å². The van der Waals surface area contributed by atoms with Crippen molar-refractivity contribution in [1.82, 2.24) is 0 Å². The second kappa shape index (κ2) is 5.44. The van der Waals surface area contributed by atoms with Gasteiger partial charge in [0.25, 0.3) is 5.91 Å². The summed E-state index contributed by atoms with van der Waals surface area (Å²) in [7, 11) is 0. The zero-order chi connectivity index (χ0) is 14.7. The zero-order valence-corrected chi connectivity index (χ0v) is 10.9. The van der Waals surface area contributed by atoms with Crippen LogP contribution in [0.3, 0.4) is 0 Å². The van der Waals surface area contributed by atoms with E-state index < -0.39 is 5.97 Å². The van der Waals surface area contributed by atoms with Gasteiger partial charge in [0, 0.05) is 11.4 Å². The minimum Gasteiger partial charge on any atom is -0.478 e. The lowest BCUT2D eigenvalue weighted by Crippen LogP contribution is -2.14. The Morgan fingerprint density at radius 2 is 1.90 bits per heavy atom. The van der Waals surface area contributed by atoms with Gasteiger partial charge in [0.1, 0.15) is 0 Å². The van der Waals surface area contributed by atoms with Crippen LogP contribution in [0.15, 0.2) is 42.5 Å². The van der Waals surface area contributed by atoms with E-state index >= 15 is 0 Å². The maximum absolute atomic E-state index is 12.1. The summed E-state index contributed by atoms with van der Waals surface area (Å²) in [5, 5.41) is 11.5. The quantitative estimate of drug-likeness (QED) is 0.747. The summed E-state index contributed by atoms with van der Waals surface area (Å²) in [6.45, 7) is 1.86. The Labute approximate surface area is 116 Å². The van der Waals surface area contributed by atoms with E-state index in [1.807, 2.05) is 13.0 Å². The molecule has 0 atom stereocenters. The van der Waals surface area contributed by atoms with Crippen LogP contribution in [-0.2, 0) is 0 Å². The molecule has 0 spiro atoms. The molecule has 0 aliphatic heterocycles. The number of amides is 1. The number of nitrogen functional groups attached to an aromatic ring is 1. The Hall–Kier alpha value is -2.82. The molecule has 5 nitrogen and oxygen atoms in total. The fourth-order valence-corrected chi connectivity index (χ4v) is 1.80. The number of rotatable bonds is 3. The van der Waals surface area contributed by atoms with E-state index in [9.17, 15) is 9.59 Å². The third kappa shape index (κ3) is 2.95. The number of hydrogen-bond donors (Lipinski definition) is 3. The molecule has 2 aromatic rings. The Bertz CT molecular complexity index is 681. The molecule has 20 heavy (non-hydrogen) atoms. The second-order valence-corrected chi connectivity index (χ2v) is 4.43. The van der Waals surface area contributed by atoms with E-state index in [1.54, 1.807) is 24.3 Å². The van der Waals surface area contributed by atoms with E-state index in [0.717, 1.165) is 5.56 Å². The lowest BCUT2D eigenvalue weighted by Gasteiger charge is -2.09. The zero-order valence-electron chi connectivity index (χ0n) is 10.9. The highest BCUT2D eigenvalue weighted by Gasteiger charge is 2.11. The Morgan fingerprint density at radius 1 is 1.15 bits per heavy atom. The molecule has 1 amide bonds. The van der Waals surface area contributed by atoms with Crippen molar-refractivity contribution in [2.45, 2.75) is 6.92 Å². The van der Waals surface area contributed by atoms with Crippen LogP contribution in [0.25, 0.3) is 0 Å². The second-order valence-electron chi connectivity index (χ2n) is 4.43. The Balaban J connectivity index is 2.25. The molecule has 4 N–H and O–H groups in total. The molecule has 5 heteroatoms. The van der Waals surface area contributed by atoms with E-state index in [4.69, 9.17) is 10.8 Å². The molecule has 0 fully saturated rings. The average molecular weight is 270 g/mol. The molecule has 0 heterocycles. The van der Waals surface area contributed by atoms with Crippen molar-refractivity contribution in [3.8, 4) is 0 Å². The van der Waals surface area contributed by atoms with Crippen molar-refractivity contribution in [1.29, 1.82) is 0 Å². The summed E-state index contributed by atoms with van der Waals surface area (Å²) in [5.41, 5.74) is 7.95. The van der Waals surface area contributed by atoms with Crippen molar-refractivity contribution in [2.24, 2.45) is 0 Å². The molecule has 0 aromatic heterocycles. The van der Waals surface area contributed by atoms with Crippen LogP contribution in [0.1, 0.15) is 26.3 Å². The highest BCUT2D eigenvalue weighted by Crippen LogP contribution is 2.17. The van der Waals surface area contributed by atoms with E-state index in [2.05, 4.69) is 5.32 Å². The van der Waals surface area contributed by atoms with E-state index in [0.29, 0.717) is 16.9 Å². The van der Waals surface area contributed by atoms with Gasteiger partial charge in [0.2, 0.25) is 0 Å². The van der Waals surface area contributed by atoms with Gasteiger partial charge < -0.3 is 16.2 Å². The molecule has 2 aromatic carbocycles. The molecule has 0 saturated carbocycles. The monoisotopic (exact) mass is 270 g/mol. The summed E-state index contributed by atoms with van der Waals surface area (Å²) in [5.74, 6) is -1.41. The largest absolute Gasteiger partial charge is 0.478 e. The first-order chi connectivity index (χ1) is 9.47. The van der Waals surface area contributed by atoms with Crippen molar-refractivity contribution < 1.29 is 14.7 Å². The standard InChI is InChI=1S/C15H14N2O3/c1-9-5-6-13(16)12(7-9)14(18)17-11-4-2-3-10(8-11)15(19)20/h2-8H,16H2,1H3,(H,17,18)(H,19,20). The van der Waals surface area contributed by atoms with Crippen LogP contribution >= 0.6 is 0 Å². The van der Waals surface area contributed by atoms with Crippen molar-refractivity contribution in [3.63, 3.8) is 0 Å².